The van der Waals surface area contributed by atoms with Gasteiger partial charge in [0.2, 0.25) is 5.91 Å². The Kier molecular flexibility index (Phi) is 4.23. The van der Waals surface area contributed by atoms with Crippen LogP contribution in [-0.2, 0) is 21.2 Å². The molecule has 1 aliphatic rings. The monoisotopic (exact) mass is 346 g/mol. The number of sulfonamides is 1. The number of benzene rings is 1. The van der Waals surface area contributed by atoms with E-state index in [-0.39, 0.29) is 16.6 Å². The number of fused-ring (bicyclic) bond motifs is 1. The lowest BCUT2D eigenvalue weighted by atomic mass is 10.0. The molecule has 8 heteroatoms. The Morgan fingerprint density at radius 1 is 1.29 bits per heavy atom. The summed E-state index contributed by atoms with van der Waals surface area (Å²) < 4.78 is 26.8. The Morgan fingerprint density at radius 2 is 2.08 bits per heavy atom. The van der Waals surface area contributed by atoms with Crippen molar-refractivity contribution in [2.45, 2.75) is 24.7 Å². The maximum absolute atomic E-state index is 12.8. The Balaban J connectivity index is 2.03. The number of carbonyl (C=O) groups is 1. The molecule has 0 saturated carbocycles. The van der Waals surface area contributed by atoms with Gasteiger partial charge in [-0.2, -0.15) is 0 Å². The van der Waals surface area contributed by atoms with Crippen LogP contribution in [0.25, 0.3) is 0 Å². The Bertz CT molecular complexity index is 868. The van der Waals surface area contributed by atoms with E-state index in [1.54, 1.807) is 23.1 Å². The third-order valence-corrected chi connectivity index (χ3v) is 5.84. The molecule has 0 radical (unpaired) electrons. The molecule has 0 aliphatic carbocycles. The molecule has 2 heterocycles. The zero-order valence-corrected chi connectivity index (χ0v) is 14.3. The molecule has 0 saturated heterocycles. The largest absolute Gasteiger partial charge is 0.312 e. The van der Waals surface area contributed by atoms with Gasteiger partial charge in [-0.25, -0.2) is 13.4 Å². The molecule has 0 spiro atoms. The number of nitrogens with zero attached hydrogens (tertiary/aromatic N) is 4. The number of carbonyl (C=O) groups excluding carboxylic acids is 1. The van der Waals surface area contributed by atoms with Crippen molar-refractivity contribution < 1.29 is 13.2 Å². The highest BCUT2D eigenvalue weighted by Gasteiger charge is 2.26. The zero-order valence-electron chi connectivity index (χ0n) is 13.5. The average Bonchev–Trinajstić information content (AvgIpc) is 2.60. The standard InChI is InChI=1S/C16H18N4O3S/c1-12(21)20-9-3-4-13-5-6-14(10-15(13)20)24(22,23)19(2)16-11-17-7-8-18-16/h5-8,10-11H,3-4,9H2,1-2H3. The summed E-state index contributed by atoms with van der Waals surface area (Å²) in [6.45, 7) is 2.09. The van der Waals surface area contributed by atoms with Gasteiger partial charge in [-0.3, -0.25) is 14.1 Å². The smallest absolute Gasteiger partial charge is 0.265 e. The van der Waals surface area contributed by atoms with E-state index in [1.807, 2.05) is 0 Å². The quantitative estimate of drug-likeness (QED) is 0.843. The number of hydrogen-bond donors (Lipinski definition) is 0. The van der Waals surface area contributed by atoms with E-state index >= 15 is 0 Å². The molecular formula is C16H18N4O3S. The minimum Gasteiger partial charge on any atom is -0.312 e. The number of rotatable bonds is 3. The van der Waals surface area contributed by atoms with Gasteiger partial charge in [0.25, 0.3) is 10.0 Å². The molecule has 1 amide bonds. The number of amides is 1. The van der Waals surface area contributed by atoms with Crippen LogP contribution in [0.15, 0.2) is 41.7 Å². The van der Waals surface area contributed by atoms with Gasteiger partial charge in [0, 0.05) is 38.6 Å². The molecule has 0 fully saturated rings. The van der Waals surface area contributed by atoms with Gasteiger partial charge in [0.1, 0.15) is 0 Å². The predicted molar refractivity (Wildman–Crippen MR) is 90.4 cm³/mol. The van der Waals surface area contributed by atoms with Gasteiger partial charge in [-0.05, 0) is 30.5 Å². The van der Waals surface area contributed by atoms with Crippen molar-refractivity contribution in [1.29, 1.82) is 0 Å². The SMILES string of the molecule is CC(=O)N1CCCc2ccc(S(=O)(=O)N(C)c3cnccn3)cc21. The van der Waals surface area contributed by atoms with Gasteiger partial charge in [-0.1, -0.05) is 6.07 Å². The lowest BCUT2D eigenvalue weighted by Crippen LogP contribution is -2.34. The first kappa shape index (κ1) is 16.4. The Hall–Kier alpha value is -2.48. The van der Waals surface area contributed by atoms with Gasteiger partial charge >= 0.3 is 0 Å². The summed E-state index contributed by atoms with van der Waals surface area (Å²) >= 11 is 0. The summed E-state index contributed by atoms with van der Waals surface area (Å²) in [4.78, 5) is 21.5. The molecule has 24 heavy (non-hydrogen) atoms. The van der Waals surface area contributed by atoms with Crippen LogP contribution < -0.4 is 9.21 Å². The van der Waals surface area contributed by atoms with Gasteiger partial charge in [0.05, 0.1) is 11.1 Å². The van der Waals surface area contributed by atoms with Gasteiger partial charge < -0.3 is 4.90 Å². The van der Waals surface area contributed by atoms with Crippen LogP contribution in [0.1, 0.15) is 18.9 Å². The Morgan fingerprint density at radius 3 is 2.75 bits per heavy atom. The van der Waals surface area contributed by atoms with Crippen molar-refractivity contribution in [2.75, 3.05) is 22.8 Å². The van der Waals surface area contributed by atoms with Crippen molar-refractivity contribution in [2.24, 2.45) is 0 Å². The fraction of sp³-hybridized carbons (Fsp3) is 0.312. The number of anilines is 2. The summed E-state index contributed by atoms with van der Waals surface area (Å²) in [6.07, 6.45) is 6.01. The van der Waals surface area contributed by atoms with E-state index < -0.39 is 10.0 Å². The van der Waals surface area contributed by atoms with E-state index in [0.29, 0.717) is 12.2 Å². The van der Waals surface area contributed by atoms with Crippen molar-refractivity contribution in [3.8, 4) is 0 Å². The normalized spacial score (nSPS) is 14.2. The van der Waals surface area contributed by atoms with Crippen LogP contribution in [0.2, 0.25) is 0 Å². The third-order valence-electron chi connectivity index (χ3n) is 4.09. The first-order chi connectivity index (χ1) is 11.4. The van der Waals surface area contributed by atoms with E-state index in [0.717, 1.165) is 22.7 Å². The summed E-state index contributed by atoms with van der Waals surface area (Å²) in [5, 5.41) is 0. The van der Waals surface area contributed by atoms with Crippen LogP contribution in [0, 0.1) is 0 Å². The maximum Gasteiger partial charge on any atom is 0.265 e. The summed E-state index contributed by atoms with van der Waals surface area (Å²) in [5.41, 5.74) is 1.65. The molecular weight excluding hydrogens is 328 g/mol. The topological polar surface area (TPSA) is 83.5 Å². The van der Waals surface area contributed by atoms with E-state index in [4.69, 9.17) is 0 Å². The predicted octanol–water partition coefficient (Wildman–Crippen LogP) is 1.60. The van der Waals surface area contributed by atoms with Crippen molar-refractivity contribution in [1.82, 2.24) is 9.97 Å². The molecule has 1 aromatic carbocycles. The molecule has 0 N–H and O–H groups in total. The highest BCUT2D eigenvalue weighted by atomic mass is 32.2. The number of aromatic nitrogens is 2. The number of hydrogen-bond acceptors (Lipinski definition) is 5. The summed E-state index contributed by atoms with van der Waals surface area (Å²) in [5.74, 6) is 0.145. The molecule has 1 aliphatic heterocycles. The first-order valence-corrected chi connectivity index (χ1v) is 9.01. The highest BCUT2D eigenvalue weighted by Crippen LogP contribution is 2.31. The second-order valence-corrected chi connectivity index (χ2v) is 7.57. The van der Waals surface area contributed by atoms with Crippen LogP contribution in [0.5, 0.6) is 0 Å². The third kappa shape index (κ3) is 2.84. The van der Waals surface area contributed by atoms with E-state index in [9.17, 15) is 13.2 Å². The summed E-state index contributed by atoms with van der Waals surface area (Å²) in [6, 6.07) is 4.92. The molecule has 0 unspecified atom stereocenters. The van der Waals surface area contributed by atoms with Crippen LogP contribution in [0.4, 0.5) is 11.5 Å². The minimum absolute atomic E-state index is 0.0900. The van der Waals surface area contributed by atoms with Crippen LogP contribution in [0.3, 0.4) is 0 Å². The summed E-state index contributed by atoms with van der Waals surface area (Å²) in [7, 11) is -2.35. The molecule has 2 aromatic rings. The molecule has 1 aromatic heterocycles. The molecule has 0 bridgehead atoms. The fourth-order valence-corrected chi connectivity index (χ4v) is 3.93. The minimum atomic E-state index is -3.78. The lowest BCUT2D eigenvalue weighted by molar-refractivity contribution is -0.116. The second kappa shape index (κ2) is 6.20. The van der Waals surface area contributed by atoms with Crippen molar-refractivity contribution in [3.05, 3.63) is 42.4 Å². The maximum atomic E-state index is 12.8. The molecule has 0 atom stereocenters. The zero-order chi connectivity index (χ0) is 17.3. The number of aryl methyl sites for hydroxylation is 1. The molecule has 7 nitrogen and oxygen atoms in total. The van der Waals surface area contributed by atoms with E-state index in [2.05, 4.69) is 9.97 Å². The van der Waals surface area contributed by atoms with E-state index in [1.165, 1.54) is 32.6 Å². The second-order valence-electron chi connectivity index (χ2n) is 5.60. The molecule has 3 rings (SSSR count). The Labute approximate surface area is 141 Å². The van der Waals surface area contributed by atoms with Crippen LogP contribution >= 0.6 is 0 Å². The highest BCUT2D eigenvalue weighted by molar-refractivity contribution is 7.92. The fourth-order valence-electron chi connectivity index (χ4n) is 2.78. The van der Waals surface area contributed by atoms with Gasteiger partial charge in [-0.15, -0.1) is 0 Å². The first-order valence-electron chi connectivity index (χ1n) is 7.57. The average molecular weight is 346 g/mol. The van der Waals surface area contributed by atoms with Gasteiger partial charge in [0.15, 0.2) is 5.82 Å². The van der Waals surface area contributed by atoms with Crippen molar-refractivity contribution >= 4 is 27.4 Å². The molecule has 126 valence electrons. The van der Waals surface area contributed by atoms with Crippen LogP contribution in [-0.4, -0.2) is 37.9 Å². The van der Waals surface area contributed by atoms with Crippen molar-refractivity contribution in [3.63, 3.8) is 0 Å². The lowest BCUT2D eigenvalue weighted by Gasteiger charge is -2.29.